The molecule has 2 aliphatic heterocycles. The fraction of sp³-hybridized carbons (Fsp3) is 0.875. The summed E-state index contributed by atoms with van der Waals surface area (Å²) in [5.41, 5.74) is 0. The summed E-state index contributed by atoms with van der Waals surface area (Å²) in [6, 6.07) is 0.202. The molecule has 3 rings (SSSR count). The van der Waals surface area contributed by atoms with E-state index in [-0.39, 0.29) is 16.7 Å². The molecule has 1 amide bonds. The highest BCUT2D eigenvalue weighted by Gasteiger charge is 2.46. The molecule has 3 atom stereocenters. The van der Waals surface area contributed by atoms with Crippen LogP contribution in [-0.4, -0.2) is 39.7 Å². The summed E-state index contributed by atoms with van der Waals surface area (Å²) < 4.78 is -0.222. The fourth-order valence-electron chi connectivity index (χ4n) is 4.13. The van der Waals surface area contributed by atoms with Gasteiger partial charge in [-0.15, -0.1) is 11.8 Å². The quantitative estimate of drug-likeness (QED) is 0.786. The maximum Gasteiger partial charge on any atom is 0.238 e. The number of rotatable bonds is 2. The highest BCUT2D eigenvalue weighted by atomic mass is 32.2. The van der Waals surface area contributed by atoms with Crippen molar-refractivity contribution >= 4 is 23.5 Å². The molecule has 0 bridgehead atoms. The van der Waals surface area contributed by atoms with Gasteiger partial charge >= 0.3 is 0 Å². The van der Waals surface area contributed by atoms with Gasteiger partial charge in [-0.25, -0.2) is 0 Å². The van der Waals surface area contributed by atoms with E-state index < -0.39 is 0 Å². The smallest absolute Gasteiger partial charge is 0.238 e. The number of carbonyl (C=O) groups is 2. The van der Waals surface area contributed by atoms with Crippen molar-refractivity contribution < 1.29 is 9.59 Å². The molecule has 20 heavy (non-hydrogen) atoms. The first kappa shape index (κ1) is 14.4. The Morgan fingerprint density at radius 3 is 2.80 bits per heavy atom. The van der Waals surface area contributed by atoms with Gasteiger partial charge in [-0.05, 0) is 51.2 Å². The van der Waals surface area contributed by atoms with E-state index in [4.69, 9.17) is 0 Å². The number of likely N-dealkylation sites (tertiary alicyclic amines) is 1. The molecule has 3 fully saturated rings. The Hall–Kier alpha value is -0.510. The number of Topliss-reactive ketones (excluding diaryl/α,β-unsaturated/α-hetero) is 1. The van der Waals surface area contributed by atoms with E-state index in [1.807, 2.05) is 11.8 Å². The van der Waals surface area contributed by atoms with Gasteiger partial charge in [0.2, 0.25) is 5.91 Å². The summed E-state index contributed by atoms with van der Waals surface area (Å²) >= 11 is 1.81. The molecule has 0 aromatic carbocycles. The van der Waals surface area contributed by atoms with E-state index in [2.05, 4.69) is 11.8 Å². The minimum Gasteiger partial charge on any atom is -0.338 e. The maximum atomic E-state index is 12.9. The minimum absolute atomic E-state index is 0.130. The lowest BCUT2D eigenvalue weighted by Gasteiger charge is -2.37. The molecule has 0 aromatic heterocycles. The molecule has 0 aromatic rings. The monoisotopic (exact) mass is 295 g/mol. The zero-order valence-electron chi connectivity index (χ0n) is 12.4. The molecule has 2 saturated heterocycles. The average molecular weight is 295 g/mol. The summed E-state index contributed by atoms with van der Waals surface area (Å²) in [5, 5.41) is 0. The molecule has 0 spiro atoms. The number of hydrogen-bond acceptors (Lipinski definition) is 3. The molecular weight excluding hydrogens is 270 g/mol. The number of amides is 1. The fourth-order valence-corrected chi connectivity index (χ4v) is 5.40. The molecular formula is C16H25NO2S. The van der Waals surface area contributed by atoms with Crippen molar-refractivity contribution in [1.82, 2.24) is 4.90 Å². The van der Waals surface area contributed by atoms with Gasteiger partial charge in [-0.1, -0.05) is 6.42 Å². The Labute approximate surface area is 125 Å². The van der Waals surface area contributed by atoms with Gasteiger partial charge in [0.05, 0.1) is 4.75 Å². The van der Waals surface area contributed by atoms with Crippen molar-refractivity contribution in [1.29, 1.82) is 0 Å². The van der Waals surface area contributed by atoms with Gasteiger partial charge < -0.3 is 4.90 Å². The maximum absolute atomic E-state index is 12.9. The van der Waals surface area contributed by atoms with Crippen molar-refractivity contribution in [2.45, 2.75) is 69.1 Å². The van der Waals surface area contributed by atoms with Crippen molar-refractivity contribution in [3.63, 3.8) is 0 Å². The van der Waals surface area contributed by atoms with Crippen LogP contribution in [0.5, 0.6) is 0 Å². The van der Waals surface area contributed by atoms with E-state index >= 15 is 0 Å². The molecule has 2 heterocycles. The summed E-state index contributed by atoms with van der Waals surface area (Å²) in [6.07, 6.45) is 8.17. The van der Waals surface area contributed by atoms with Crippen molar-refractivity contribution in [3.05, 3.63) is 0 Å². The molecule has 0 N–H and O–H groups in total. The van der Waals surface area contributed by atoms with Gasteiger partial charge in [0.1, 0.15) is 5.78 Å². The molecule has 112 valence electrons. The van der Waals surface area contributed by atoms with Crippen LogP contribution in [0.15, 0.2) is 0 Å². The van der Waals surface area contributed by atoms with Crippen LogP contribution >= 0.6 is 11.8 Å². The Kier molecular flexibility index (Phi) is 4.11. The van der Waals surface area contributed by atoms with Crippen LogP contribution in [0.4, 0.5) is 0 Å². The standard InChI is InChI=1S/C16H25NO2S/c1-16(9-5-11-20-16)15(19)17-10-4-7-13(17)12-6-2-3-8-14(12)18/h12-13H,2-11H2,1H3. The van der Waals surface area contributed by atoms with Crippen LogP contribution in [0, 0.1) is 5.92 Å². The second-order valence-corrected chi connectivity index (χ2v) is 8.31. The van der Waals surface area contributed by atoms with Crippen LogP contribution in [0.25, 0.3) is 0 Å². The predicted molar refractivity (Wildman–Crippen MR) is 81.8 cm³/mol. The molecule has 3 unspecified atom stereocenters. The molecule has 1 saturated carbocycles. The third kappa shape index (κ3) is 2.51. The summed E-state index contributed by atoms with van der Waals surface area (Å²) in [7, 11) is 0. The molecule has 3 aliphatic rings. The Morgan fingerprint density at radius 2 is 2.10 bits per heavy atom. The lowest BCUT2D eigenvalue weighted by molar-refractivity contribution is -0.137. The summed E-state index contributed by atoms with van der Waals surface area (Å²) in [5.74, 6) is 1.94. The van der Waals surface area contributed by atoms with E-state index in [0.29, 0.717) is 11.7 Å². The van der Waals surface area contributed by atoms with E-state index in [1.165, 1.54) is 0 Å². The van der Waals surface area contributed by atoms with Gasteiger partial charge in [-0.2, -0.15) is 0 Å². The van der Waals surface area contributed by atoms with Crippen molar-refractivity contribution in [3.8, 4) is 0 Å². The van der Waals surface area contributed by atoms with Crippen LogP contribution in [0.2, 0.25) is 0 Å². The number of thioether (sulfide) groups is 1. The second kappa shape index (κ2) is 5.70. The van der Waals surface area contributed by atoms with Crippen molar-refractivity contribution in [2.75, 3.05) is 12.3 Å². The van der Waals surface area contributed by atoms with Gasteiger partial charge in [0, 0.05) is 24.9 Å². The average Bonchev–Trinajstić information content (AvgIpc) is 3.08. The number of ketones is 1. The third-order valence-electron chi connectivity index (χ3n) is 5.30. The lowest BCUT2D eigenvalue weighted by atomic mass is 9.81. The normalized spacial score (nSPS) is 38.5. The van der Waals surface area contributed by atoms with Gasteiger partial charge in [0.15, 0.2) is 0 Å². The summed E-state index contributed by atoms with van der Waals surface area (Å²) in [4.78, 5) is 27.2. The SMILES string of the molecule is CC1(C(=O)N2CCCC2C2CCCCC2=O)CCCS1. The highest BCUT2D eigenvalue weighted by molar-refractivity contribution is 8.01. The van der Waals surface area contributed by atoms with E-state index in [1.54, 1.807) is 0 Å². The largest absolute Gasteiger partial charge is 0.338 e. The van der Waals surface area contributed by atoms with Crippen LogP contribution in [0.1, 0.15) is 58.3 Å². The first-order valence-electron chi connectivity index (χ1n) is 8.09. The third-order valence-corrected chi connectivity index (χ3v) is 6.81. The molecule has 3 nitrogen and oxygen atoms in total. The molecule has 0 radical (unpaired) electrons. The first-order chi connectivity index (χ1) is 9.62. The van der Waals surface area contributed by atoms with Crippen LogP contribution in [0.3, 0.4) is 0 Å². The molecule has 4 heteroatoms. The predicted octanol–water partition coefficient (Wildman–Crippen LogP) is 3.02. The lowest BCUT2D eigenvalue weighted by Crippen LogP contribution is -2.50. The number of nitrogens with zero attached hydrogens (tertiary/aromatic N) is 1. The van der Waals surface area contributed by atoms with Gasteiger partial charge in [-0.3, -0.25) is 9.59 Å². The van der Waals surface area contributed by atoms with Crippen LogP contribution < -0.4 is 0 Å². The Bertz CT molecular complexity index is 403. The van der Waals surface area contributed by atoms with Gasteiger partial charge in [0.25, 0.3) is 0 Å². The molecule has 1 aliphatic carbocycles. The minimum atomic E-state index is -0.222. The number of carbonyl (C=O) groups excluding carboxylic acids is 2. The first-order valence-corrected chi connectivity index (χ1v) is 9.08. The van der Waals surface area contributed by atoms with Crippen LogP contribution in [-0.2, 0) is 9.59 Å². The van der Waals surface area contributed by atoms with Crippen molar-refractivity contribution in [2.24, 2.45) is 5.92 Å². The van der Waals surface area contributed by atoms with E-state index in [0.717, 1.165) is 63.7 Å². The highest BCUT2D eigenvalue weighted by Crippen LogP contribution is 2.42. The number of hydrogen-bond donors (Lipinski definition) is 0. The Balaban J connectivity index is 1.75. The zero-order chi connectivity index (χ0) is 14.2. The summed E-state index contributed by atoms with van der Waals surface area (Å²) in [6.45, 7) is 2.97. The zero-order valence-corrected chi connectivity index (χ0v) is 13.2. The topological polar surface area (TPSA) is 37.4 Å². The Morgan fingerprint density at radius 1 is 1.25 bits per heavy atom. The second-order valence-electron chi connectivity index (χ2n) is 6.71. The van der Waals surface area contributed by atoms with E-state index in [9.17, 15) is 9.59 Å².